The van der Waals surface area contributed by atoms with Crippen molar-refractivity contribution in [2.24, 2.45) is 0 Å². The molecule has 3 aromatic carbocycles. The zero-order valence-electron chi connectivity index (χ0n) is 17.4. The van der Waals surface area contributed by atoms with E-state index < -0.39 is 0 Å². The molecular formula is C25H19ClN2O4S. The molecular weight excluding hydrogens is 460 g/mol. The number of benzene rings is 3. The molecule has 1 aliphatic rings. The first-order valence-corrected chi connectivity index (χ1v) is 11.7. The Hall–Kier alpha value is -3.29. The minimum Gasteiger partial charge on any atom is -0.486 e. The number of halogens is 1. The third-order valence-electron chi connectivity index (χ3n) is 5.28. The van der Waals surface area contributed by atoms with Gasteiger partial charge in [0, 0.05) is 10.6 Å². The van der Waals surface area contributed by atoms with E-state index in [0.29, 0.717) is 44.8 Å². The molecule has 5 rings (SSSR count). The smallest absolute Gasteiger partial charge is 0.262 e. The summed E-state index contributed by atoms with van der Waals surface area (Å²) in [5, 5.41) is 1.55. The van der Waals surface area contributed by atoms with Gasteiger partial charge in [0.1, 0.15) is 6.61 Å². The van der Waals surface area contributed by atoms with Crippen molar-refractivity contribution in [3.63, 3.8) is 0 Å². The summed E-state index contributed by atoms with van der Waals surface area (Å²) in [5.41, 5.74) is 0.970. The fourth-order valence-corrected chi connectivity index (χ4v) is 4.65. The Morgan fingerprint density at radius 1 is 1.03 bits per heavy atom. The molecule has 0 aliphatic carbocycles. The quantitative estimate of drug-likeness (QED) is 0.224. The first-order valence-electron chi connectivity index (χ1n) is 10.4. The molecule has 4 aromatic rings. The Kier molecular flexibility index (Phi) is 6.07. The Labute approximate surface area is 199 Å². The molecule has 166 valence electrons. The largest absolute Gasteiger partial charge is 0.486 e. The fraction of sp³-hybridized carbons (Fsp3) is 0.160. The molecule has 0 amide bonds. The predicted molar refractivity (Wildman–Crippen MR) is 129 cm³/mol. The molecule has 8 heteroatoms. The Bertz CT molecular complexity index is 1390. The van der Waals surface area contributed by atoms with Crippen LogP contribution in [0.25, 0.3) is 10.9 Å². The standard InChI is InChI=1S/C25H19ClN2O4S/c26-17-11-9-16(10-12-17)21(29)15-33-25-27-20-6-2-1-5-19(20)24(30)28(25)13-18-14-31-22-7-3-4-8-23(22)32-18/h1-12,18H,13-15H2/t18-/m0/s1. The third-order valence-corrected chi connectivity index (χ3v) is 6.51. The van der Waals surface area contributed by atoms with E-state index in [2.05, 4.69) is 4.98 Å². The molecule has 1 aromatic heterocycles. The van der Waals surface area contributed by atoms with Gasteiger partial charge in [-0.15, -0.1) is 0 Å². The molecule has 0 unspecified atom stereocenters. The van der Waals surface area contributed by atoms with Gasteiger partial charge in [-0.25, -0.2) is 4.98 Å². The lowest BCUT2D eigenvalue weighted by Gasteiger charge is -2.27. The number of hydrogen-bond acceptors (Lipinski definition) is 6. The monoisotopic (exact) mass is 478 g/mol. The summed E-state index contributed by atoms with van der Waals surface area (Å²) in [4.78, 5) is 30.7. The van der Waals surface area contributed by atoms with E-state index in [1.165, 1.54) is 11.8 Å². The number of rotatable bonds is 6. The van der Waals surface area contributed by atoms with E-state index in [-0.39, 0.29) is 29.7 Å². The van der Waals surface area contributed by atoms with Crippen molar-refractivity contribution in [2.75, 3.05) is 12.4 Å². The van der Waals surface area contributed by atoms with Crippen molar-refractivity contribution in [1.29, 1.82) is 0 Å². The van der Waals surface area contributed by atoms with Gasteiger partial charge in [-0.1, -0.05) is 47.6 Å². The van der Waals surface area contributed by atoms with Gasteiger partial charge in [0.15, 0.2) is 28.5 Å². The summed E-state index contributed by atoms with van der Waals surface area (Å²) < 4.78 is 13.4. The van der Waals surface area contributed by atoms with Gasteiger partial charge in [0.05, 0.1) is 23.2 Å². The van der Waals surface area contributed by atoms with Crippen molar-refractivity contribution in [1.82, 2.24) is 9.55 Å². The van der Waals surface area contributed by atoms with Gasteiger partial charge in [0.2, 0.25) is 0 Å². The van der Waals surface area contributed by atoms with Crippen molar-refractivity contribution in [2.45, 2.75) is 17.8 Å². The maximum absolute atomic E-state index is 13.3. The van der Waals surface area contributed by atoms with Crippen LogP contribution in [-0.2, 0) is 6.54 Å². The summed E-state index contributed by atoms with van der Waals surface area (Å²) >= 11 is 7.15. The Balaban J connectivity index is 1.43. The lowest BCUT2D eigenvalue weighted by Crippen LogP contribution is -2.37. The number of fused-ring (bicyclic) bond motifs is 2. The van der Waals surface area contributed by atoms with Gasteiger partial charge < -0.3 is 9.47 Å². The van der Waals surface area contributed by atoms with Crippen molar-refractivity contribution in [3.8, 4) is 11.5 Å². The first-order chi connectivity index (χ1) is 16.1. The number of hydrogen-bond donors (Lipinski definition) is 0. The fourth-order valence-electron chi connectivity index (χ4n) is 3.62. The van der Waals surface area contributed by atoms with Crippen LogP contribution < -0.4 is 15.0 Å². The van der Waals surface area contributed by atoms with E-state index >= 15 is 0 Å². The zero-order chi connectivity index (χ0) is 22.8. The lowest BCUT2D eigenvalue weighted by molar-refractivity contribution is 0.0757. The maximum atomic E-state index is 13.3. The highest BCUT2D eigenvalue weighted by Crippen LogP contribution is 2.31. The highest BCUT2D eigenvalue weighted by molar-refractivity contribution is 7.99. The molecule has 0 radical (unpaired) electrons. The van der Waals surface area contributed by atoms with Crippen molar-refractivity contribution >= 4 is 40.0 Å². The second-order valence-electron chi connectivity index (χ2n) is 7.54. The normalized spacial score (nSPS) is 14.9. The Morgan fingerprint density at radius 3 is 2.58 bits per heavy atom. The summed E-state index contributed by atoms with van der Waals surface area (Å²) in [6, 6.07) is 21.4. The zero-order valence-corrected chi connectivity index (χ0v) is 19.0. The van der Waals surface area contributed by atoms with E-state index in [9.17, 15) is 9.59 Å². The van der Waals surface area contributed by atoms with Gasteiger partial charge in [-0.3, -0.25) is 14.2 Å². The number of carbonyl (C=O) groups excluding carboxylic acids is 1. The molecule has 1 aliphatic heterocycles. The number of Topliss-reactive ketones (excluding diaryl/α,β-unsaturated/α-hetero) is 1. The van der Waals surface area contributed by atoms with Crippen LogP contribution in [0.5, 0.6) is 11.5 Å². The first kappa shape index (κ1) is 21.6. The molecule has 0 spiro atoms. The molecule has 0 saturated carbocycles. The number of carbonyl (C=O) groups is 1. The van der Waals surface area contributed by atoms with Crippen LogP contribution in [-0.4, -0.2) is 33.8 Å². The number of aromatic nitrogens is 2. The highest BCUT2D eigenvalue weighted by atomic mass is 35.5. The van der Waals surface area contributed by atoms with Crippen LogP contribution in [0, 0.1) is 0 Å². The van der Waals surface area contributed by atoms with E-state index in [0.717, 1.165) is 0 Å². The van der Waals surface area contributed by atoms with Gasteiger partial charge >= 0.3 is 0 Å². The SMILES string of the molecule is O=C(CSc1nc2ccccc2c(=O)n1C[C@H]1COc2ccccc2O1)c1ccc(Cl)cc1. The average Bonchev–Trinajstić information content (AvgIpc) is 2.85. The van der Waals surface area contributed by atoms with Gasteiger partial charge in [0.25, 0.3) is 5.56 Å². The van der Waals surface area contributed by atoms with E-state index in [4.69, 9.17) is 21.1 Å². The van der Waals surface area contributed by atoms with E-state index in [1.807, 2.05) is 36.4 Å². The molecule has 0 saturated heterocycles. The maximum Gasteiger partial charge on any atom is 0.262 e. The van der Waals surface area contributed by atoms with Crippen LogP contribution in [0.2, 0.25) is 5.02 Å². The molecule has 6 nitrogen and oxygen atoms in total. The second-order valence-corrected chi connectivity index (χ2v) is 8.92. The van der Waals surface area contributed by atoms with Gasteiger partial charge in [-0.2, -0.15) is 0 Å². The topological polar surface area (TPSA) is 70.4 Å². The second kappa shape index (κ2) is 9.29. The number of para-hydroxylation sites is 3. The summed E-state index contributed by atoms with van der Waals surface area (Å²) in [6.45, 7) is 0.562. The average molecular weight is 479 g/mol. The number of ether oxygens (including phenoxy) is 2. The minimum atomic E-state index is -0.369. The van der Waals surface area contributed by atoms with Crippen molar-refractivity contribution in [3.05, 3.63) is 93.7 Å². The molecule has 0 fully saturated rings. The molecule has 0 N–H and O–H groups in total. The van der Waals surface area contributed by atoms with Crippen LogP contribution in [0.4, 0.5) is 0 Å². The molecule has 1 atom stereocenters. The number of ketones is 1. The number of thioether (sulfide) groups is 1. The lowest BCUT2D eigenvalue weighted by atomic mass is 10.1. The summed E-state index contributed by atoms with van der Waals surface area (Å²) in [6.07, 6.45) is -0.369. The van der Waals surface area contributed by atoms with Crippen LogP contribution in [0.1, 0.15) is 10.4 Å². The number of nitrogens with zero attached hydrogens (tertiary/aromatic N) is 2. The highest BCUT2D eigenvalue weighted by Gasteiger charge is 2.24. The summed E-state index contributed by atoms with van der Waals surface area (Å²) in [7, 11) is 0. The van der Waals surface area contributed by atoms with E-state index in [1.54, 1.807) is 41.0 Å². The Morgan fingerprint density at radius 2 is 1.76 bits per heavy atom. The van der Waals surface area contributed by atoms with Crippen LogP contribution in [0.15, 0.2) is 82.7 Å². The molecule has 2 heterocycles. The molecule has 33 heavy (non-hydrogen) atoms. The molecule has 0 bridgehead atoms. The van der Waals surface area contributed by atoms with Gasteiger partial charge in [-0.05, 0) is 48.5 Å². The van der Waals surface area contributed by atoms with Crippen molar-refractivity contribution < 1.29 is 14.3 Å². The predicted octanol–water partition coefficient (Wildman–Crippen LogP) is 4.86. The third kappa shape index (κ3) is 4.60. The van der Waals surface area contributed by atoms with Crippen LogP contribution in [0.3, 0.4) is 0 Å². The van der Waals surface area contributed by atoms with Crippen LogP contribution >= 0.6 is 23.4 Å². The minimum absolute atomic E-state index is 0.0724. The summed E-state index contributed by atoms with van der Waals surface area (Å²) in [5.74, 6) is 1.39.